The van der Waals surface area contributed by atoms with E-state index in [1.54, 1.807) is 6.07 Å². The Morgan fingerprint density at radius 2 is 2.15 bits per heavy atom. The van der Waals surface area contributed by atoms with Crippen LogP contribution in [0, 0.1) is 0 Å². The van der Waals surface area contributed by atoms with Gasteiger partial charge in [-0.05, 0) is 11.6 Å². The molecule has 1 heterocycles. The molecule has 1 aliphatic rings. The summed E-state index contributed by atoms with van der Waals surface area (Å²) >= 11 is 0. The zero-order valence-corrected chi connectivity index (χ0v) is 7.47. The number of hydrogen-bond acceptors (Lipinski definition) is 3. The van der Waals surface area contributed by atoms with Crippen LogP contribution in [-0.2, 0) is 16.6 Å². The van der Waals surface area contributed by atoms with E-state index in [0.717, 1.165) is 5.56 Å². The fraction of sp³-hybridized carbons (Fsp3) is 0.250. The van der Waals surface area contributed by atoms with Gasteiger partial charge in [0.05, 0.1) is 6.61 Å². The highest BCUT2D eigenvalue weighted by Crippen LogP contribution is 2.33. The van der Waals surface area contributed by atoms with Gasteiger partial charge in [-0.15, -0.1) is 3.89 Å². The lowest BCUT2D eigenvalue weighted by atomic mass is 10.2. The molecule has 0 amide bonds. The van der Waals surface area contributed by atoms with Crippen LogP contribution in [0.25, 0.3) is 0 Å². The summed E-state index contributed by atoms with van der Waals surface area (Å²) in [6, 6.07) is 4.45. The predicted octanol–water partition coefficient (Wildman–Crippen LogP) is 1.28. The Kier molecular flexibility index (Phi) is 1.76. The van der Waals surface area contributed by atoms with E-state index >= 15 is 0 Å². The van der Waals surface area contributed by atoms with Gasteiger partial charge in [0.15, 0.2) is 0 Å². The molecule has 2 rings (SSSR count). The van der Waals surface area contributed by atoms with E-state index in [0.29, 0.717) is 13.0 Å². The van der Waals surface area contributed by atoms with Crippen molar-refractivity contribution in [1.29, 1.82) is 0 Å². The van der Waals surface area contributed by atoms with Gasteiger partial charge in [0.1, 0.15) is 10.6 Å². The smallest absolute Gasteiger partial charge is 0.335 e. The van der Waals surface area contributed by atoms with Gasteiger partial charge in [-0.1, -0.05) is 12.1 Å². The molecule has 0 atom stereocenters. The highest BCUT2D eigenvalue weighted by Gasteiger charge is 2.24. The Hall–Kier alpha value is -1.10. The summed E-state index contributed by atoms with van der Waals surface area (Å²) in [4.78, 5) is -0.359. The third-order valence-electron chi connectivity index (χ3n) is 1.94. The zero-order chi connectivity index (χ0) is 9.47. The molecule has 0 fully saturated rings. The normalized spacial score (nSPS) is 15.2. The van der Waals surface area contributed by atoms with Crippen molar-refractivity contribution < 1.29 is 17.0 Å². The Morgan fingerprint density at radius 1 is 1.38 bits per heavy atom. The molecule has 0 saturated heterocycles. The lowest BCUT2D eigenvalue weighted by Gasteiger charge is -2.02. The van der Waals surface area contributed by atoms with Crippen molar-refractivity contribution in [2.75, 3.05) is 6.61 Å². The van der Waals surface area contributed by atoms with E-state index in [1.807, 2.05) is 0 Å². The first-order chi connectivity index (χ1) is 6.09. The predicted molar refractivity (Wildman–Crippen MR) is 43.9 cm³/mol. The van der Waals surface area contributed by atoms with Crippen LogP contribution in [0.3, 0.4) is 0 Å². The number of hydrogen-bond donors (Lipinski definition) is 0. The zero-order valence-electron chi connectivity index (χ0n) is 6.66. The largest absolute Gasteiger partial charge is 0.491 e. The maximum atomic E-state index is 12.7. The minimum atomic E-state index is -4.65. The van der Waals surface area contributed by atoms with Gasteiger partial charge in [-0.25, -0.2) is 0 Å². The van der Waals surface area contributed by atoms with Gasteiger partial charge in [0.25, 0.3) is 0 Å². The molecule has 70 valence electrons. The molecule has 1 aliphatic heterocycles. The fourth-order valence-electron chi connectivity index (χ4n) is 1.38. The number of halogens is 1. The number of fused-ring (bicyclic) bond motifs is 1. The van der Waals surface area contributed by atoms with E-state index in [1.165, 1.54) is 12.1 Å². The molecule has 1 aromatic rings. The minimum Gasteiger partial charge on any atom is -0.491 e. The number of rotatable bonds is 1. The van der Waals surface area contributed by atoms with Crippen molar-refractivity contribution in [3.05, 3.63) is 23.8 Å². The summed E-state index contributed by atoms with van der Waals surface area (Å²) in [6.45, 7) is 0.419. The van der Waals surface area contributed by atoms with Gasteiger partial charge in [0, 0.05) is 6.42 Å². The summed E-state index contributed by atoms with van der Waals surface area (Å²) in [7, 11) is -4.65. The third kappa shape index (κ3) is 1.39. The minimum absolute atomic E-state index is 0.171. The lowest BCUT2D eigenvalue weighted by Crippen LogP contribution is -1.96. The lowest BCUT2D eigenvalue weighted by molar-refractivity contribution is 0.348. The van der Waals surface area contributed by atoms with E-state index in [9.17, 15) is 12.3 Å². The van der Waals surface area contributed by atoms with Crippen LogP contribution in [0.15, 0.2) is 23.1 Å². The Morgan fingerprint density at radius 3 is 2.85 bits per heavy atom. The highest BCUT2D eigenvalue weighted by atomic mass is 32.3. The third-order valence-corrected chi connectivity index (χ3v) is 2.79. The number of ether oxygens (including phenoxy) is 1. The Bertz CT molecular complexity index is 439. The van der Waals surface area contributed by atoms with Crippen molar-refractivity contribution in [3.63, 3.8) is 0 Å². The number of benzene rings is 1. The molecule has 13 heavy (non-hydrogen) atoms. The van der Waals surface area contributed by atoms with Crippen LogP contribution >= 0.6 is 0 Å². The van der Waals surface area contributed by atoms with Crippen LogP contribution in [0.4, 0.5) is 3.89 Å². The van der Waals surface area contributed by atoms with Gasteiger partial charge < -0.3 is 4.74 Å². The second-order valence-corrected chi connectivity index (χ2v) is 4.10. The maximum absolute atomic E-state index is 12.7. The molecule has 0 aliphatic carbocycles. The van der Waals surface area contributed by atoms with Gasteiger partial charge in [-0.3, -0.25) is 0 Å². The van der Waals surface area contributed by atoms with Gasteiger partial charge in [-0.2, -0.15) is 8.42 Å². The average molecular weight is 202 g/mol. The van der Waals surface area contributed by atoms with E-state index in [4.69, 9.17) is 4.74 Å². The van der Waals surface area contributed by atoms with E-state index < -0.39 is 10.2 Å². The summed E-state index contributed by atoms with van der Waals surface area (Å²) in [5.41, 5.74) is 0.749. The van der Waals surface area contributed by atoms with Crippen LogP contribution in [0.1, 0.15) is 5.56 Å². The molecule has 0 radical (unpaired) electrons. The molecule has 0 unspecified atom stereocenters. The molecule has 1 aromatic carbocycles. The summed E-state index contributed by atoms with van der Waals surface area (Å²) < 4.78 is 39.0. The molecular formula is C8H7FO3S. The molecule has 0 bridgehead atoms. The number of para-hydroxylation sites is 1. The summed E-state index contributed by atoms with van der Waals surface area (Å²) in [6.07, 6.45) is 0.638. The SMILES string of the molecule is O=S(=O)(F)c1cccc2c1OCC2. The quantitative estimate of drug-likeness (QED) is 0.644. The van der Waals surface area contributed by atoms with Crippen molar-refractivity contribution in [2.45, 2.75) is 11.3 Å². The molecule has 0 spiro atoms. The molecule has 0 saturated carbocycles. The summed E-state index contributed by atoms with van der Waals surface area (Å²) in [5, 5.41) is 0. The monoisotopic (exact) mass is 202 g/mol. The standard InChI is InChI=1S/C8H7FO3S/c9-13(10,11)7-3-1-2-6-4-5-12-8(6)7/h1-3H,4-5H2. The topological polar surface area (TPSA) is 43.4 Å². The van der Waals surface area contributed by atoms with Crippen LogP contribution in [0.2, 0.25) is 0 Å². The first-order valence-corrected chi connectivity index (χ1v) is 5.17. The van der Waals surface area contributed by atoms with Crippen molar-refractivity contribution in [1.82, 2.24) is 0 Å². The molecule has 0 N–H and O–H groups in total. The molecule has 0 aromatic heterocycles. The molecular weight excluding hydrogens is 195 g/mol. The van der Waals surface area contributed by atoms with Crippen LogP contribution < -0.4 is 4.74 Å². The Labute approximate surface area is 75.4 Å². The van der Waals surface area contributed by atoms with Crippen molar-refractivity contribution >= 4 is 10.2 Å². The fourth-order valence-corrected chi connectivity index (χ4v) is 2.03. The van der Waals surface area contributed by atoms with Crippen LogP contribution in [0.5, 0.6) is 5.75 Å². The molecule has 3 nitrogen and oxygen atoms in total. The second kappa shape index (κ2) is 2.70. The van der Waals surface area contributed by atoms with Gasteiger partial charge in [0.2, 0.25) is 0 Å². The Balaban J connectivity index is 2.67. The molecule has 5 heteroatoms. The first kappa shape index (κ1) is 8.50. The van der Waals surface area contributed by atoms with Crippen molar-refractivity contribution in [3.8, 4) is 5.75 Å². The highest BCUT2D eigenvalue weighted by molar-refractivity contribution is 7.86. The maximum Gasteiger partial charge on any atom is 0.335 e. The summed E-state index contributed by atoms with van der Waals surface area (Å²) in [5.74, 6) is 0.171. The van der Waals surface area contributed by atoms with Gasteiger partial charge >= 0.3 is 10.2 Å². The van der Waals surface area contributed by atoms with E-state index in [-0.39, 0.29) is 10.6 Å². The average Bonchev–Trinajstić information content (AvgIpc) is 2.48. The second-order valence-electron chi connectivity index (χ2n) is 2.78. The first-order valence-electron chi connectivity index (χ1n) is 3.78. The van der Waals surface area contributed by atoms with E-state index in [2.05, 4.69) is 0 Å². The van der Waals surface area contributed by atoms with Crippen LogP contribution in [-0.4, -0.2) is 15.0 Å². The van der Waals surface area contributed by atoms with Crippen molar-refractivity contribution in [2.24, 2.45) is 0 Å².